The van der Waals surface area contributed by atoms with Crippen LogP contribution in [0.2, 0.25) is 0 Å². The monoisotopic (exact) mass is 362 g/mol. The number of carbonyl (C=O) groups excluding carboxylic acids is 1. The van der Waals surface area contributed by atoms with Gasteiger partial charge in [-0.1, -0.05) is 39.3 Å². The molecule has 0 aromatic carbocycles. The number of aliphatic hydroxyl groups excluding tert-OH is 1. The quantitative estimate of drug-likeness (QED) is 0.583. The predicted octanol–water partition coefficient (Wildman–Crippen LogP) is 3.46. The van der Waals surface area contributed by atoms with Crippen LogP contribution >= 0.6 is 0 Å². The van der Waals surface area contributed by atoms with Crippen molar-refractivity contribution in [1.82, 2.24) is 0 Å². The van der Waals surface area contributed by atoms with Crippen LogP contribution in [0, 0.1) is 34.0 Å². The van der Waals surface area contributed by atoms with Crippen molar-refractivity contribution >= 4 is 5.97 Å². The number of fused-ring (bicyclic) bond motifs is 2. The van der Waals surface area contributed by atoms with Crippen LogP contribution in [0.15, 0.2) is 12.2 Å². The van der Waals surface area contributed by atoms with E-state index in [9.17, 15) is 15.0 Å². The molecule has 0 aromatic heterocycles. The van der Waals surface area contributed by atoms with Gasteiger partial charge in [-0.15, -0.1) is 0 Å². The first-order chi connectivity index (χ1) is 12.1. The Morgan fingerprint density at radius 2 is 1.96 bits per heavy atom. The number of aliphatic hydroxyl groups is 2. The lowest BCUT2D eigenvalue weighted by Crippen LogP contribution is -2.70. The van der Waals surface area contributed by atoms with Gasteiger partial charge in [-0.05, 0) is 54.3 Å². The zero-order chi connectivity index (χ0) is 19.0. The highest BCUT2D eigenvalue weighted by Crippen LogP contribution is 2.71. The maximum absolute atomic E-state index is 12.0. The summed E-state index contributed by atoms with van der Waals surface area (Å²) in [5, 5.41) is 21.1. The molecule has 3 saturated carbocycles. The molecule has 0 amide bonds. The molecule has 5 rings (SSSR count). The van der Waals surface area contributed by atoms with Crippen molar-refractivity contribution < 1.29 is 19.7 Å². The molecule has 0 radical (unpaired) electrons. The van der Waals surface area contributed by atoms with Gasteiger partial charge in [0.05, 0.1) is 12.2 Å². The van der Waals surface area contributed by atoms with Gasteiger partial charge in [0.1, 0.15) is 6.10 Å². The number of allylic oxidation sites excluding steroid dienone is 1. The molecule has 2 N–H and O–H groups in total. The molecule has 7 atom stereocenters. The van der Waals surface area contributed by atoms with Gasteiger partial charge in [0.2, 0.25) is 0 Å². The summed E-state index contributed by atoms with van der Waals surface area (Å²) in [6.45, 7) is 8.39. The van der Waals surface area contributed by atoms with Crippen molar-refractivity contribution in [3.8, 4) is 0 Å². The van der Waals surface area contributed by atoms with E-state index in [1.165, 1.54) is 19.8 Å². The summed E-state index contributed by atoms with van der Waals surface area (Å²) in [5.41, 5.74) is -0.966. The van der Waals surface area contributed by atoms with Crippen LogP contribution in [0.1, 0.15) is 66.2 Å². The van der Waals surface area contributed by atoms with E-state index < -0.39 is 5.60 Å². The molecule has 0 heterocycles. The Balaban J connectivity index is 1.83. The highest BCUT2D eigenvalue weighted by Gasteiger charge is 2.69. The minimum absolute atomic E-state index is 0.0971. The minimum Gasteiger partial charge on any atom is -0.461 e. The van der Waals surface area contributed by atoms with Crippen LogP contribution in [-0.4, -0.2) is 34.5 Å². The lowest BCUT2D eigenvalue weighted by molar-refractivity contribution is -0.250. The lowest BCUT2D eigenvalue weighted by atomic mass is 9.36. The van der Waals surface area contributed by atoms with Crippen molar-refractivity contribution in [2.24, 2.45) is 34.0 Å². The summed E-state index contributed by atoms with van der Waals surface area (Å²) < 4.78 is 5.91. The van der Waals surface area contributed by atoms with Gasteiger partial charge in [-0.3, -0.25) is 4.79 Å². The normalized spacial score (nSPS) is 51.5. The van der Waals surface area contributed by atoms with Gasteiger partial charge >= 0.3 is 5.97 Å². The van der Waals surface area contributed by atoms with Gasteiger partial charge in [-0.25, -0.2) is 0 Å². The Kier molecular flexibility index (Phi) is 3.96. The van der Waals surface area contributed by atoms with Gasteiger partial charge in [0, 0.05) is 18.8 Å². The maximum Gasteiger partial charge on any atom is 0.302 e. The molecular formula is C22H34O4. The number of hydrogen-bond donors (Lipinski definition) is 2. The smallest absolute Gasteiger partial charge is 0.302 e. The fourth-order valence-electron chi connectivity index (χ4n) is 7.91. The molecule has 4 heteroatoms. The molecule has 0 saturated heterocycles. The van der Waals surface area contributed by atoms with E-state index in [1.54, 1.807) is 0 Å². The topological polar surface area (TPSA) is 66.8 Å². The van der Waals surface area contributed by atoms with E-state index in [4.69, 9.17) is 4.74 Å². The molecule has 1 spiro atoms. The standard InChI is InChI=1S/C22H34O4/c1-14(24)26-17-15-6-10-21(12-22(15,25)13-23)11-7-16-19(2,3)8-5-9-20(16,4)18(17)21/h6,10,15-18,23,25H,5,7-9,11-13H2,1-4H3/t15?,16?,17?,18?,20-,21?,22-/m1/s1. The van der Waals surface area contributed by atoms with Crippen molar-refractivity contribution in [2.45, 2.75) is 77.9 Å². The molecule has 5 aliphatic carbocycles. The van der Waals surface area contributed by atoms with Gasteiger partial charge in [0.25, 0.3) is 0 Å². The SMILES string of the molecule is CC(=O)OC1C2C=CC3(CCC4C(C)(C)CCC[C@@]4(C)C13)C[C@@]2(O)CO. The van der Waals surface area contributed by atoms with Crippen molar-refractivity contribution in [3.63, 3.8) is 0 Å². The molecule has 26 heavy (non-hydrogen) atoms. The second kappa shape index (κ2) is 5.57. The molecule has 5 unspecified atom stereocenters. The number of rotatable bonds is 2. The number of ether oxygens (including phenoxy) is 1. The molecule has 0 aromatic rings. The summed E-state index contributed by atoms with van der Waals surface area (Å²) in [6.07, 6.45) is 10.3. The highest BCUT2D eigenvalue weighted by atomic mass is 16.5. The fraction of sp³-hybridized carbons (Fsp3) is 0.864. The van der Waals surface area contributed by atoms with Crippen molar-refractivity contribution in [3.05, 3.63) is 12.2 Å². The third-order valence-corrected chi connectivity index (χ3v) is 8.65. The number of carbonyl (C=O) groups is 1. The van der Waals surface area contributed by atoms with E-state index in [2.05, 4.69) is 26.8 Å². The fourth-order valence-corrected chi connectivity index (χ4v) is 7.91. The number of hydrogen-bond acceptors (Lipinski definition) is 4. The predicted molar refractivity (Wildman–Crippen MR) is 99.2 cm³/mol. The van der Waals surface area contributed by atoms with E-state index in [0.29, 0.717) is 17.8 Å². The molecule has 3 fully saturated rings. The van der Waals surface area contributed by atoms with Crippen LogP contribution in [0.4, 0.5) is 0 Å². The Bertz CT molecular complexity index is 640. The average Bonchev–Trinajstić information content (AvgIpc) is 2.52. The second-order valence-electron chi connectivity index (χ2n) is 10.5. The van der Waals surface area contributed by atoms with E-state index >= 15 is 0 Å². The van der Waals surface area contributed by atoms with Crippen LogP contribution in [0.25, 0.3) is 0 Å². The Labute approximate surface area is 157 Å². The van der Waals surface area contributed by atoms with Crippen molar-refractivity contribution in [2.75, 3.05) is 6.61 Å². The largest absolute Gasteiger partial charge is 0.461 e. The molecule has 0 aliphatic heterocycles. The van der Waals surface area contributed by atoms with Gasteiger partial charge in [-0.2, -0.15) is 0 Å². The Hall–Kier alpha value is -0.870. The number of esters is 1. The van der Waals surface area contributed by atoms with Gasteiger partial charge < -0.3 is 14.9 Å². The molecule has 2 bridgehead atoms. The second-order valence-corrected chi connectivity index (χ2v) is 10.5. The van der Waals surface area contributed by atoms with Crippen LogP contribution in [0.5, 0.6) is 0 Å². The molecule has 146 valence electrons. The highest BCUT2D eigenvalue weighted by molar-refractivity contribution is 5.66. The summed E-state index contributed by atoms with van der Waals surface area (Å²) in [5.74, 6) is 0.225. The third kappa shape index (κ3) is 2.30. The van der Waals surface area contributed by atoms with Crippen LogP contribution < -0.4 is 0 Å². The summed E-state index contributed by atoms with van der Waals surface area (Å²) in [6, 6.07) is 0. The summed E-state index contributed by atoms with van der Waals surface area (Å²) in [4.78, 5) is 12.0. The minimum atomic E-state index is -1.18. The zero-order valence-electron chi connectivity index (χ0n) is 16.6. The molecule has 5 aliphatic rings. The average molecular weight is 363 g/mol. The van der Waals surface area contributed by atoms with E-state index in [-0.39, 0.29) is 41.3 Å². The first-order valence-corrected chi connectivity index (χ1v) is 10.3. The van der Waals surface area contributed by atoms with Crippen LogP contribution in [-0.2, 0) is 9.53 Å². The zero-order valence-corrected chi connectivity index (χ0v) is 16.6. The van der Waals surface area contributed by atoms with Gasteiger partial charge in [0.15, 0.2) is 0 Å². The maximum atomic E-state index is 12.0. The summed E-state index contributed by atoms with van der Waals surface area (Å²) in [7, 11) is 0. The third-order valence-electron chi connectivity index (χ3n) is 8.65. The lowest BCUT2D eigenvalue weighted by Gasteiger charge is -2.69. The van der Waals surface area contributed by atoms with E-state index in [1.807, 2.05) is 6.08 Å². The first kappa shape index (κ1) is 18.5. The van der Waals surface area contributed by atoms with Crippen molar-refractivity contribution in [1.29, 1.82) is 0 Å². The Morgan fingerprint density at radius 1 is 1.23 bits per heavy atom. The van der Waals surface area contributed by atoms with Crippen LogP contribution in [0.3, 0.4) is 0 Å². The summed E-state index contributed by atoms with van der Waals surface area (Å²) >= 11 is 0. The molecular weight excluding hydrogens is 328 g/mol. The Morgan fingerprint density at radius 3 is 2.62 bits per heavy atom. The van der Waals surface area contributed by atoms with E-state index in [0.717, 1.165) is 19.3 Å². The molecule has 4 nitrogen and oxygen atoms in total. The first-order valence-electron chi connectivity index (χ1n) is 10.3.